The molecule has 0 aliphatic carbocycles. The molecule has 0 bridgehead atoms. The Kier molecular flexibility index (Phi) is 9.89. The number of amides is 4. The maximum absolute atomic E-state index is 13.7. The Morgan fingerprint density at radius 3 is 2.44 bits per heavy atom. The molecule has 34 heavy (non-hydrogen) atoms. The van der Waals surface area contributed by atoms with Crippen LogP contribution in [-0.2, 0) is 20.1 Å². The van der Waals surface area contributed by atoms with Crippen molar-refractivity contribution < 1.29 is 22.8 Å². The van der Waals surface area contributed by atoms with Crippen LogP contribution >= 0.6 is 0 Å². The van der Waals surface area contributed by atoms with Gasteiger partial charge in [0.2, 0.25) is 5.91 Å². The fraction of sp³-hybridized carbons (Fsp3) is 0.789. The minimum atomic E-state index is -2.79. The van der Waals surface area contributed by atoms with E-state index in [0.29, 0.717) is 37.2 Å². The zero-order chi connectivity index (χ0) is 25.4. The molecule has 14 nitrogen and oxygen atoms in total. The number of hydrogen-bond acceptors (Lipinski definition) is 10. The van der Waals surface area contributed by atoms with Gasteiger partial charge in [0.1, 0.15) is 18.4 Å². The zero-order valence-electron chi connectivity index (χ0n) is 19.6. The van der Waals surface area contributed by atoms with Gasteiger partial charge in [0.15, 0.2) is 0 Å². The van der Waals surface area contributed by atoms with Crippen molar-refractivity contribution in [3.8, 4) is 0 Å². The maximum atomic E-state index is 13.7. The summed E-state index contributed by atoms with van der Waals surface area (Å²) in [7, 11) is -1.64. The summed E-state index contributed by atoms with van der Waals surface area (Å²) in [6, 6.07) is -3.64. The molecule has 2 fully saturated rings. The van der Waals surface area contributed by atoms with Crippen LogP contribution in [0.15, 0.2) is 14.7 Å². The van der Waals surface area contributed by atoms with E-state index < -0.39 is 46.5 Å². The Hall–Kier alpha value is -3.10. The molecule has 2 unspecified atom stereocenters. The van der Waals surface area contributed by atoms with Gasteiger partial charge in [-0.2, -0.15) is 22.9 Å². The molecule has 0 spiro atoms. The summed E-state index contributed by atoms with van der Waals surface area (Å²) >= 11 is 0. The summed E-state index contributed by atoms with van der Waals surface area (Å²) < 4.78 is 25.9. The van der Waals surface area contributed by atoms with E-state index in [1.165, 1.54) is 11.2 Å². The van der Waals surface area contributed by atoms with E-state index in [-0.39, 0.29) is 25.4 Å². The van der Waals surface area contributed by atoms with Crippen LogP contribution in [-0.4, -0.2) is 97.1 Å². The van der Waals surface area contributed by atoms with Crippen molar-refractivity contribution in [1.82, 2.24) is 19.7 Å². The molecule has 0 aromatic rings. The molecule has 2 aliphatic rings. The van der Waals surface area contributed by atoms with E-state index in [4.69, 9.17) is 5.84 Å². The van der Waals surface area contributed by atoms with E-state index in [9.17, 15) is 27.7 Å². The number of likely N-dealkylation sites (tertiary alicyclic amines) is 2. The highest BCUT2D eigenvalue weighted by atomic mass is 32.2. The van der Waals surface area contributed by atoms with Crippen molar-refractivity contribution in [2.24, 2.45) is 26.5 Å². The molecule has 2 heterocycles. The lowest BCUT2D eigenvalue weighted by Gasteiger charge is -2.39. The molecule has 2 aliphatic heterocycles. The summed E-state index contributed by atoms with van der Waals surface area (Å²) in [5.74, 6) is 4.00. The Morgan fingerprint density at radius 2 is 1.85 bits per heavy atom. The topological polar surface area (TPSA) is 178 Å². The number of hydrogen-bond donors (Lipinski definition) is 1. The third kappa shape index (κ3) is 6.71. The van der Waals surface area contributed by atoms with Gasteiger partial charge in [0.25, 0.3) is 5.91 Å². The van der Waals surface area contributed by atoms with Crippen LogP contribution in [0.2, 0.25) is 0 Å². The first-order valence-corrected chi connectivity index (χ1v) is 12.2. The molecule has 3 atom stereocenters. The van der Waals surface area contributed by atoms with Crippen molar-refractivity contribution in [2.45, 2.75) is 64.1 Å². The normalized spacial score (nSPS) is 21.4. The fourth-order valence-electron chi connectivity index (χ4n) is 4.39. The number of imide groups is 1. The van der Waals surface area contributed by atoms with Gasteiger partial charge in [-0.3, -0.25) is 14.5 Å². The minimum absolute atomic E-state index is 0.0131. The van der Waals surface area contributed by atoms with E-state index in [0.717, 1.165) is 11.9 Å². The Bertz CT molecular complexity index is 931. The Labute approximate surface area is 199 Å². The molecule has 2 saturated heterocycles. The van der Waals surface area contributed by atoms with Crippen molar-refractivity contribution in [1.29, 1.82) is 0 Å². The molecular weight excluding hydrogens is 468 g/mol. The lowest BCUT2D eigenvalue weighted by atomic mass is 10.0. The van der Waals surface area contributed by atoms with Gasteiger partial charge < -0.3 is 15.6 Å². The van der Waals surface area contributed by atoms with Crippen molar-refractivity contribution in [2.75, 3.05) is 26.7 Å². The van der Waals surface area contributed by atoms with Crippen molar-refractivity contribution in [3.63, 3.8) is 0 Å². The smallest absolute Gasteiger partial charge is 0.349 e. The summed E-state index contributed by atoms with van der Waals surface area (Å²) in [6.45, 7) is 4.78. The molecule has 0 aromatic heterocycles. The summed E-state index contributed by atoms with van der Waals surface area (Å²) in [5.41, 5.74) is 0. The standard InChI is InChI=1S/C19H32N8O6S/c1-13(2)10-15(22-34(32)33)17(28)26-9-5-7-16(26)18(29)27(19(30)24(3)23-31)14-6-4-8-25(11-14)12-21-20/h12-16H,4-11,20H2,1-3H3/t14?,15?,16-/m0/s1. The first-order valence-electron chi connectivity index (χ1n) is 11.1. The van der Waals surface area contributed by atoms with Crippen LogP contribution in [0.1, 0.15) is 46.0 Å². The SMILES string of the molecule is CC(C)CC(N=S(=O)=O)C(=O)N1CCC[C@H]1C(=O)N(C(=O)N(C)N=O)C1CCCN(C=NN)C1. The number of nitrogens with two attached hydrogens (primary N) is 1. The predicted octanol–water partition coefficient (Wildman–Crippen LogP) is 0.383. The van der Waals surface area contributed by atoms with E-state index in [1.807, 2.05) is 13.8 Å². The number of piperidine rings is 1. The monoisotopic (exact) mass is 500 g/mol. The lowest BCUT2D eigenvalue weighted by molar-refractivity contribution is -0.144. The zero-order valence-corrected chi connectivity index (χ0v) is 20.4. The van der Waals surface area contributed by atoms with Crippen LogP contribution in [0.4, 0.5) is 4.79 Å². The molecule has 4 amide bonds. The van der Waals surface area contributed by atoms with Crippen molar-refractivity contribution >= 4 is 34.7 Å². The second-order valence-electron chi connectivity index (χ2n) is 8.81. The number of carbonyl (C=O) groups excluding carboxylic acids is 3. The first-order chi connectivity index (χ1) is 16.1. The number of hydrazone groups is 1. The summed E-state index contributed by atoms with van der Waals surface area (Å²) in [5, 5.41) is 6.66. The van der Waals surface area contributed by atoms with Crippen LogP contribution < -0.4 is 5.84 Å². The number of rotatable bonds is 8. The van der Waals surface area contributed by atoms with Crippen LogP contribution in [0, 0.1) is 10.8 Å². The maximum Gasteiger partial charge on any atom is 0.349 e. The largest absolute Gasteiger partial charge is 0.359 e. The fourth-order valence-corrected chi connectivity index (χ4v) is 4.78. The van der Waals surface area contributed by atoms with Crippen LogP contribution in [0.3, 0.4) is 0 Å². The highest BCUT2D eigenvalue weighted by molar-refractivity contribution is 7.61. The van der Waals surface area contributed by atoms with Crippen molar-refractivity contribution in [3.05, 3.63) is 4.91 Å². The Morgan fingerprint density at radius 1 is 1.18 bits per heavy atom. The van der Waals surface area contributed by atoms with E-state index >= 15 is 0 Å². The number of carbonyl (C=O) groups is 3. The second kappa shape index (κ2) is 12.4. The van der Waals surface area contributed by atoms with Crippen LogP contribution in [0.5, 0.6) is 0 Å². The molecule has 190 valence electrons. The van der Waals surface area contributed by atoms with Gasteiger partial charge in [-0.1, -0.05) is 13.8 Å². The minimum Gasteiger partial charge on any atom is -0.359 e. The highest BCUT2D eigenvalue weighted by Gasteiger charge is 2.44. The highest BCUT2D eigenvalue weighted by Crippen LogP contribution is 2.26. The van der Waals surface area contributed by atoms with Gasteiger partial charge in [-0.25, -0.2) is 4.79 Å². The summed E-state index contributed by atoms with van der Waals surface area (Å²) in [6.07, 6.45) is 3.53. The number of nitroso groups, excluding NO2 is 1. The summed E-state index contributed by atoms with van der Waals surface area (Å²) in [4.78, 5) is 54.9. The average Bonchev–Trinajstić information content (AvgIpc) is 3.27. The third-order valence-corrected chi connectivity index (χ3v) is 6.31. The quantitative estimate of drug-likeness (QED) is 0.163. The third-order valence-electron chi connectivity index (χ3n) is 5.88. The van der Waals surface area contributed by atoms with E-state index in [2.05, 4.69) is 14.7 Å². The second-order valence-corrected chi connectivity index (χ2v) is 9.45. The number of urea groups is 1. The van der Waals surface area contributed by atoms with E-state index in [1.54, 1.807) is 4.90 Å². The molecule has 2 rings (SSSR count). The van der Waals surface area contributed by atoms with Crippen LogP contribution in [0.25, 0.3) is 0 Å². The molecule has 0 aromatic carbocycles. The van der Waals surface area contributed by atoms with Gasteiger partial charge in [0.05, 0.1) is 11.3 Å². The Balaban J connectivity index is 2.36. The molecule has 0 saturated carbocycles. The van der Waals surface area contributed by atoms with Gasteiger partial charge in [0, 0.05) is 26.7 Å². The molecule has 0 radical (unpaired) electrons. The lowest BCUT2D eigenvalue weighted by Crippen LogP contribution is -2.59. The van der Waals surface area contributed by atoms with Gasteiger partial charge in [-0.05, 0) is 38.0 Å². The molecular formula is C19H32N8O6S. The molecule has 15 heteroatoms. The first kappa shape index (κ1) is 27.1. The molecule has 2 N–H and O–H groups in total. The predicted molar refractivity (Wildman–Crippen MR) is 122 cm³/mol. The average molecular weight is 501 g/mol. The van der Waals surface area contributed by atoms with Gasteiger partial charge in [-0.15, -0.1) is 4.91 Å². The number of nitrogens with zero attached hydrogens (tertiary/aromatic N) is 7. The van der Waals surface area contributed by atoms with Gasteiger partial charge >= 0.3 is 16.5 Å².